The highest BCUT2D eigenvalue weighted by molar-refractivity contribution is 7.92. The Morgan fingerprint density at radius 2 is 1.83 bits per heavy atom. The van der Waals surface area contributed by atoms with Crippen LogP contribution in [0.1, 0.15) is 6.92 Å². The Morgan fingerprint density at radius 1 is 1.17 bits per heavy atom. The number of non-ortho nitro benzene ring substituents is 1. The molecule has 0 fully saturated rings. The summed E-state index contributed by atoms with van der Waals surface area (Å²) in [6.45, 7) is 1.30. The molecule has 3 aromatic rings. The highest BCUT2D eigenvalue weighted by Gasteiger charge is 2.22. The molecule has 1 amide bonds. The molecule has 2 aromatic carbocycles. The maximum atomic E-state index is 12.6. The van der Waals surface area contributed by atoms with Crippen LogP contribution < -0.4 is 20.4 Å². The van der Waals surface area contributed by atoms with Gasteiger partial charge in [-0.3, -0.25) is 19.6 Å². The number of nitrogens with zero attached hydrogens (tertiary/aromatic N) is 1. The Labute approximate surface area is 169 Å². The lowest BCUT2D eigenvalue weighted by atomic mass is 10.2. The Hall–Kier alpha value is -3.93. The first kappa shape index (κ1) is 20.8. The van der Waals surface area contributed by atoms with Gasteiger partial charge in [-0.15, -0.1) is 0 Å². The van der Waals surface area contributed by atoms with Crippen molar-refractivity contribution in [3.8, 4) is 5.75 Å². The van der Waals surface area contributed by atoms with Gasteiger partial charge in [0.25, 0.3) is 15.7 Å². The summed E-state index contributed by atoms with van der Waals surface area (Å²) < 4.78 is 37.5. The van der Waals surface area contributed by atoms with Crippen molar-refractivity contribution in [2.24, 2.45) is 0 Å². The zero-order valence-corrected chi connectivity index (χ0v) is 16.5. The molecule has 1 heterocycles. The Bertz CT molecular complexity index is 1310. The van der Waals surface area contributed by atoms with Crippen molar-refractivity contribution < 1.29 is 27.3 Å². The van der Waals surface area contributed by atoms with Crippen molar-refractivity contribution in [1.82, 2.24) is 0 Å². The summed E-state index contributed by atoms with van der Waals surface area (Å²) in [4.78, 5) is 33.8. The fourth-order valence-electron chi connectivity index (χ4n) is 2.68. The van der Waals surface area contributed by atoms with E-state index in [9.17, 15) is 28.1 Å². The normalized spacial score (nSPS) is 11.1. The molecule has 0 aliphatic heterocycles. The highest BCUT2D eigenvalue weighted by atomic mass is 32.2. The number of anilines is 2. The SMILES string of the molecule is COc1ccc([N+](=O)[O-])c2cc(NS(=O)(=O)c3ccc(NC(C)=O)cc3)c(=O)oc12. The quantitative estimate of drug-likeness (QED) is 0.341. The first-order valence-electron chi connectivity index (χ1n) is 8.32. The van der Waals surface area contributed by atoms with Gasteiger partial charge in [0, 0.05) is 18.7 Å². The minimum absolute atomic E-state index is 0.0793. The number of hydrogen-bond donors (Lipinski definition) is 2. The predicted molar refractivity (Wildman–Crippen MR) is 107 cm³/mol. The smallest absolute Gasteiger partial charge is 0.360 e. The summed E-state index contributed by atoms with van der Waals surface area (Å²) in [5, 5.41) is 13.7. The first-order chi connectivity index (χ1) is 14.1. The number of nitro benzene ring substituents is 1. The zero-order valence-electron chi connectivity index (χ0n) is 15.7. The number of ether oxygens (including phenoxy) is 1. The molecule has 0 radical (unpaired) electrons. The standard InChI is InChI=1S/C18H15N3O8S/c1-10(22)19-11-3-5-12(6-4-11)30(26,27)20-14-9-13-15(21(24)25)7-8-16(28-2)17(13)29-18(14)23/h3-9,20H,1-2H3,(H,19,22). The topological polar surface area (TPSA) is 158 Å². The number of sulfonamides is 1. The molecule has 3 rings (SSSR count). The van der Waals surface area contributed by atoms with Crippen LogP contribution in [0.5, 0.6) is 5.75 Å². The molecule has 0 aliphatic carbocycles. The lowest BCUT2D eigenvalue weighted by molar-refractivity contribution is -0.383. The van der Waals surface area contributed by atoms with E-state index in [0.29, 0.717) is 5.69 Å². The van der Waals surface area contributed by atoms with Crippen LogP contribution in [0.2, 0.25) is 0 Å². The monoisotopic (exact) mass is 433 g/mol. The van der Waals surface area contributed by atoms with Crippen LogP contribution in [0, 0.1) is 10.1 Å². The van der Waals surface area contributed by atoms with E-state index in [1.165, 1.54) is 44.4 Å². The number of carbonyl (C=O) groups is 1. The van der Waals surface area contributed by atoms with E-state index in [1.54, 1.807) is 0 Å². The van der Waals surface area contributed by atoms with Crippen LogP contribution in [0.3, 0.4) is 0 Å². The molecule has 1 aromatic heterocycles. The number of hydrogen-bond acceptors (Lipinski definition) is 8. The minimum Gasteiger partial charge on any atom is -0.493 e. The Kier molecular flexibility index (Phi) is 5.43. The molecule has 30 heavy (non-hydrogen) atoms. The maximum Gasteiger partial charge on any atom is 0.360 e. The van der Waals surface area contributed by atoms with Crippen molar-refractivity contribution in [2.45, 2.75) is 11.8 Å². The van der Waals surface area contributed by atoms with E-state index in [2.05, 4.69) is 10.0 Å². The number of amides is 1. The molecule has 0 spiro atoms. The number of methoxy groups -OCH3 is 1. The van der Waals surface area contributed by atoms with Gasteiger partial charge < -0.3 is 14.5 Å². The number of rotatable bonds is 6. The minimum atomic E-state index is -4.22. The van der Waals surface area contributed by atoms with E-state index in [-0.39, 0.29) is 27.5 Å². The second-order valence-electron chi connectivity index (χ2n) is 6.05. The molecule has 2 N–H and O–H groups in total. The largest absolute Gasteiger partial charge is 0.493 e. The fraction of sp³-hybridized carbons (Fsp3) is 0.111. The molecule has 12 heteroatoms. The lowest BCUT2D eigenvalue weighted by Crippen LogP contribution is -2.18. The third kappa shape index (κ3) is 4.07. The van der Waals surface area contributed by atoms with Gasteiger partial charge in [0.2, 0.25) is 5.91 Å². The lowest BCUT2D eigenvalue weighted by Gasteiger charge is -2.10. The molecule has 0 saturated heterocycles. The summed E-state index contributed by atoms with van der Waals surface area (Å²) in [5.41, 5.74) is -1.76. The van der Waals surface area contributed by atoms with Gasteiger partial charge in [0.15, 0.2) is 11.3 Å². The van der Waals surface area contributed by atoms with E-state index in [0.717, 1.165) is 12.1 Å². The van der Waals surface area contributed by atoms with Crippen LogP contribution >= 0.6 is 0 Å². The van der Waals surface area contributed by atoms with Crippen LogP contribution in [-0.4, -0.2) is 26.4 Å². The summed E-state index contributed by atoms with van der Waals surface area (Å²) >= 11 is 0. The third-order valence-corrected chi connectivity index (χ3v) is 5.37. The van der Waals surface area contributed by atoms with Crippen LogP contribution in [0.4, 0.5) is 17.1 Å². The highest BCUT2D eigenvalue weighted by Crippen LogP contribution is 2.33. The van der Waals surface area contributed by atoms with Crippen molar-refractivity contribution in [1.29, 1.82) is 0 Å². The number of benzene rings is 2. The second kappa shape index (κ2) is 7.83. The van der Waals surface area contributed by atoms with Crippen molar-refractivity contribution in [3.05, 3.63) is 63.0 Å². The van der Waals surface area contributed by atoms with Gasteiger partial charge in [-0.1, -0.05) is 0 Å². The summed E-state index contributed by atoms with van der Waals surface area (Å²) in [7, 11) is -2.93. The van der Waals surface area contributed by atoms with Gasteiger partial charge in [-0.05, 0) is 36.4 Å². The number of nitro groups is 1. The molecule has 156 valence electrons. The second-order valence-corrected chi connectivity index (χ2v) is 7.73. The van der Waals surface area contributed by atoms with Crippen LogP contribution in [-0.2, 0) is 14.8 Å². The summed E-state index contributed by atoms with van der Waals surface area (Å²) in [5.74, 6) is -0.245. The van der Waals surface area contributed by atoms with Gasteiger partial charge in [0.1, 0.15) is 11.1 Å². The van der Waals surface area contributed by atoms with Crippen LogP contribution in [0.25, 0.3) is 11.0 Å². The molecular formula is C18H15N3O8S. The van der Waals surface area contributed by atoms with Crippen molar-refractivity contribution >= 4 is 44.0 Å². The van der Waals surface area contributed by atoms with Gasteiger partial charge in [0.05, 0.1) is 16.9 Å². The van der Waals surface area contributed by atoms with E-state index in [1.807, 2.05) is 0 Å². The Morgan fingerprint density at radius 3 is 2.40 bits per heavy atom. The average molecular weight is 433 g/mol. The first-order valence-corrected chi connectivity index (χ1v) is 9.80. The molecule has 0 bridgehead atoms. The van der Waals surface area contributed by atoms with Crippen LogP contribution in [0.15, 0.2) is 56.6 Å². The Balaban J connectivity index is 2.05. The zero-order chi connectivity index (χ0) is 22.1. The van der Waals surface area contributed by atoms with Gasteiger partial charge >= 0.3 is 5.63 Å². The van der Waals surface area contributed by atoms with Crippen molar-refractivity contribution in [2.75, 3.05) is 17.1 Å². The summed E-state index contributed by atoms with van der Waals surface area (Å²) in [6.07, 6.45) is 0. The van der Waals surface area contributed by atoms with E-state index in [4.69, 9.17) is 9.15 Å². The average Bonchev–Trinajstić information content (AvgIpc) is 2.67. The van der Waals surface area contributed by atoms with Gasteiger partial charge in [-0.2, -0.15) is 0 Å². The molecule has 0 saturated carbocycles. The molecule has 0 aliphatic rings. The number of carbonyl (C=O) groups excluding carboxylic acids is 1. The third-order valence-electron chi connectivity index (χ3n) is 3.99. The molecular weight excluding hydrogens is 418 g/mol. The number of nitrogens with one attached hydrogen (secondary N) is 2. The van der Waals surface area contributed by atoms with E-state index >= 15 is 0 Å². The van der Waals surface area contributed by atoms with E-state index < -0.39 is 31.9 Å². The number of fused-ring (bicyclic) bond motifs is 1. The predicted octanol–water partition coefficient (Wildman–Crippen LogP) is 2.47. The van der Waals surface area contributed by atoms with Gasteiger partial charge in [-0.25, -0.2) is 13.2 Å². The molecule has 0 atom stereocenters. The molecule has 11 nitrogen and oxygen atoms in total. The maximum absolute atomic E-state index is 12.6. The fourth-order valence-corrected chi connectivity index (χ4v) is 3.72. The summed E-state index contributed by atoms with van der Waals surface area (Å²) in [6, 6.07) is 8.63. The van der Waals surface area contributed by atoms with Crippen molar-refractivity contribution in [3.63, 3.8) is 0 Å². The molecule has 0 unspecified atom stereocenters.